The fraction of sp³-hybridized carbons (Fsp3) is 0.632. The number of nitrogens with zero attached hydrogens (tertiary/aromatic N) is 3. The third kappa shape index (κ3) is 4.22. The van der Waals surface area contributed by atoms with E-state index in [1.165, 1.54) is 0 Å². The molecule has 142 valence electrons. The Hall–Kier alpha value is -1.99. The molecule has 1 unspecified atom stereocenters. The number of methoxy groups -OCH3 is 1. The molecule has 3 rings (SSSR count). The maximum Gasteiger partial charge on any atom is 0.227 e. The first-order valence-electron chi connectivity index (χ1n) is 9.18. The molecule has 2 amide bonds. The predicted molar refractivity (Wildman–Crippen MR) is 95.5 cm³/mol. The van der Waals surface area contributed by atoms with Crippen LogP contribution >= 0.6 is 0 Å². The van der Waals surface area contributed by atoms with Gasteiger partial charge in [-0.25, -0.2) is 0 Å². The summed E-state index contributed by atoms with van der Waals surface area (Å²) in [5.41, 5.74) is 0.480. The van der Waals surface area contributed by atoms with Crippen molar-refractivity contribution in [3.05, 3.63) is 30.1 Å². The molecule has 0 N–H and O–H groups in total. The minimum atomic E-state index is -0.411. The number of aromatic nitrogens is 1. The molecule has 26 heavy (non-hydrogen) atoms. The Labute approximate surface area is 154 Å². The second-order valence-corrected chi connectivity index (χ2v) is 7.02. The fourth-order valence-electron chi connectivity index (χ4n) is 3.81. The minimum Gasteiger partial charge on any atom is -0.385 e. The number of pyridine rings is 1. The molecule has 7 nitrogen and oxygen atoms in total. The lowest BCUT2D eigenvalue weighted by molar-refractivity contribution is -0.137. The Morgan fingerprint density at radius 3 is 3.04 bits per heavy atom. The van der Waals surface area contributed by atoms with Crippen LogP contribution in [0.3, 0.4) is 0 Å². The Morgan fingerprint density at radius 2 is 2.35 bits per heavy atom. The molecule has 0 saturated carbocycles. The van der Waals surface area contributed by atoms with Gasteiger partial charge >= 0.3 is 0 Å². The summed E-state index contributed by atoms with van der Waals surface area (Å²) in [6.07, 6.45) is 5.62. The van der Waals surface area contributed by atoms with Gasteiger partial charge in [-0.1, -0.05) is 6.07 Å². The van der Waals surface area contributed by atoms with Crippen molar-refractivity contribution in [3.63, 3.8) is 0 Å². The van der Waals surface area contributed by atoms with E-state index in [0.29, 0.717) is 52.3 Å². The van der Waals surface area contributed by atoms with Crippen molar-refractivity contribution in [1.29, 1.82) is 0 Å². The molecule has 0 radical (unpaired) electrons. The van der Waals surface area contributed by atoms with Gasteiger partial charge in [-0.05, 0) is 24.5 Å². The Balaban J connectivity index is 1.74. The van der Waals surface area contributed by atoms with Gasteiger partial charge in [-0.15, -0.1) is 0 Å². The van der Waals surface area contributed by atoms with Gasteiger partial charge in [0.25, 0.3) is 0 Å². The molecule has 1 atom stereocenters. The van der Waals surface area contributed by atoms with Crippen molar-refractivity contribution in [2.45, 2.75) is 31.2 Å². The number of ether oxygens (including phenoxy) is 2. The van der Waals surface area contributed by atoms with Crippen molar-refractivity contribution in [1.82, 2.24) is 14.8 Å². The number of amides is 2. The first-order valence-corrected chi connectivity index (χ1v) is 9.18. The van der Waals surface area contributed by atoms with Crippen LogP contribution in [-0.2, 0) is 25.5 Å². The van der Waals surface area contributed by atoms with E-state index >= 15 is 0 Å². The number of carbonyl (C=O) groups is 2. The van der Waals surface area contributed by atoms with E-state index in [9.17, 15) is 9.59 Å². The van der Waals surface area contributed by atoms with Crippen molar-refractivity contribution in [3.8, 4) is 0 Å². The van der Waals surface area contributed by atoms with E-state index in [2.05, 4.69) is 4.98 Å². The highest BCUT2D eigenvalue weighted by Gasteiger charge is 2.46. The summed E-state index contributed by atoms with van der Waals surface area (Å²) in [6.45, 7) is 3.36. The van der Waals surface area contributed by atoms with Crippen LogP contribution in [0.1, 0.15) is 24.8 Å². The lowest BCUT2D eigenvalue weighted by atomic mass is 9.95. The van der Waals surface area contributed by atoms with Crippen molar-refractivity contribution in [2.24, 2.45) is 0 Å². The smallest absolute Gasteiger partial charge is 0.227 e. The summed E-state index contributed by atoms with van der Waals surface area (Å²) >= 11 is 0. The van der Waals surface area contributed by atoms with Gasteiger partial charge in [0.05, 0.1) is 18.6 Å². The van der Waals surface area contributed by atoms with Gasteiger partial charge in [-0.2, -0.15) is 0 Å². The maximum absolute atomic E-state index is 12.8. The highest BCUT2D eigenvalue weighted by Crippen LogP contribution is 2.31. The SMILES string of the molecule is COCCCN1C(=O)CCN(C(=O)Cc2cccnc2)CC12CCOC2. The summed E-state index contributed by atoms with van der Waals surface area (Å²) in [7, 11) is 1.66. The average molecular weight is 361 g/mol. The monoisotopic (exact) mass is 361 g/mol. The zero-order valence-corrected chi connectivity index (χ0v) is 15.4. The summed E-state index contributed by atoms with van der Waals surface area (Å²) in [4.78, 5) is 33.5. The van der Waals surface area contributed by atoms with Gasteiger partial charge in [0, 0.05) is 58.8 Å². The lowest BCUT2D eigenvalue weighted by Gasteiger charge is -2.40. The Kier molecular flexibility index (Phi) is 6.21. The summed E-state index contributed by atoms with van der Waals surface area (Å²) in [5, 5.41) is 0. The lowest BCUT2D eigenvalue weighted by Crippen LogP contribution is -2.57. The molecule has 2 aliphatic rings. The molecule has 7 heteroatoms. The molecule has 2 saturated heterocycles. The second kappa shape index (κ2) is 8.60. The molecular weight excluding hydrogens is 334 g/mol. The van der Waals surface area contributed by atoms with Gasteiger partial charge in [0.15, 0.2) is 0 Å². The van der Waals surface area contributed by atoms with Crippen LogP contribution in [0.25, 0.3) is 0 Å². The highest BCUT2D eigenvalue weighted by molar-refractivity contribution is 5.82. The topological polar surface area (TPSA) is 72.0 Å². The van der Waals surface area contributed by atoms with Crippen LogP contribution in [0.2, 0.25) is 0 Å². The predicted octanol–water partition coefficient (Wildman–Crippen LogP) is 0.881. The maximum atomic E-state index is 12.8. The van der Waals surface area contributed by atoms with Gasteiger partial charge in [0.2, 0.25) is 11.8 Å². The first kappa shape index (κ1) is 18.8. The second-order valence-electron chi connectivity index (χ2n) is 7.02. The number of hydrogen-bond acceptors (Lipinski definition) is 5. The molecule has 1 aromatic heterocycles. The highest BCUT2D eigenvalue weighted by atomic mass is 16.5. The summed E-state index contributed by atoms with van der Waals surface area (Å²) in [5.74, 6) is 0.138. The van der Waals surface area contributed by atoms with E-state index in [0.717, 1.165) is 18.4 Å². The third-order valence-corrected chi connectivity index (χ3v) is 5.20. The van der Waals surface area contributed by atoms with Crippen LogP contribution in [0.4, 0.5) is 0 Å². The quantitative estimate of drug-likeness (QED) is 0.704. The fourth-order valence-corrected chi connectivity index (χ4v) is 3.81. The van der Waals surface area contributed by atoms with Crippen molar-refractivity contribution < 1.29 is 19.1 Å². The summed E-state index contributed by atoms with van der Waals surface area (Å²) < 4.78 is 10.8. The molecule has 2 fully saturated rings. The van der Waals surface area contributed by atoms with Gasteiger partial charge in [0.1, 0.15) is 0 Å². The zero-order valence-electron chi connectivity index (χ0n) is 15.4. The van der Waals surface area contributed by atoms with Crippen LogP contribution in [0.15, 0.2) is 24.5 Å². The largest absolute Gasteiger partial charge is 0.385 e. The molecule has 3 heterocycles. The van der Waals surface area contributed by atoms with Crippen LogP contribution < -0.4 is 0 Å². The molecule has 1 aromatic rings. The number of rotatable bonds is 6. The molecular formula is C19H27N3O4. The van der Waals surface area contributed by atoms with Gasteiger partial charge < -0.3 is 19.3 Å². The van der Waals surface area contributed by atoms with E-state index < -0.39 is 5.54 Å². The number of carbonyl (C=O) groups excluding carboxylic acids is 2. The van der Waals surface area contributed by atoms with E-state index in [-0.39, 0.29) is 11.8 Å². The first-order chi connectivity index (χ1) is 12.6. The van der Waals surface area contributed by atoms with Crippen LogP contribution in [0, 0.1) is 0 Å². The summed E-state index contributed by atoms with van der Waals surface area (Å²) in [6, 6.07) is 3.73. The molecule has 1 spiro atoms. The number of hydrogen-bond donors (Lipinski definition) is 0. The zero-order chi connectivity index (χ0) is 18.4. The molecule has 0 bridgehead atoms. The molecule has 0 aliphatic carbocycles. The van der Waals surface area contributed by atoms with Crippen molar-refractivity contribution in [2.75, 3.05) is 46.6 Å². The normalized spacial score (nSPS) is 23.5. The van der Waals surface area contributed by atoms with Crippen LogP contribution in [-0.4, -0.2) is 78.7 Å². The Morgan fingerprint density at radius 1 is 1.46 bits per heavy atom. The molecule has 0 aromatic carbocycles. The van der Waals surface area contributed by atoms with Crippen LogP contribution in [0.5, 0.6) is 0 Å². The average Bonchev–Trinajstić information content (AvgIpc) is 3.06. The Bertz CT molecular complexity index is 616. The third-order valence-electron chi connectivity index (χ3n) is 5.20. The van der Waals surface area contributed by atoms with Gasteiger partial charge in [-0.3, -0.25) is 14.6 Å². The molecule has 2 aliphatic heterocycles. The van der Waals surface area contributed by atoms with E-state index in [1.807, 2.05) is 21.9 Å². The van der Waals surface area contributed by atoms with E-state index in [1.54, 1.807) is 19.5 Å². The minimum absolute atomic E-state index is 0.0378. The van der Waals surface area contributed by atoms with Crippen molar-refractivity contribution >= 4 is 11.8 Å². The standard InChI is InChI=1S/C19H27N3O4/c1-25-10-3-8-22-17(23)5-9-21(14-19(22)6-11-26-15-19)18(24)12-16-4-2-7-20-13-16/h2,4,7,13H,3,5-6,8-12,14-15H2,1H3. The van der Waals surface area contributed by atoms with E-state index in [4.69, 9.17) is 9.47 Å².